The highest BCUT2D eigenvalue weighted by molar-refractivity contribution is 6.36. The van der Waals surface area contributed by atoms with Crippen molar-refractivity contribution in [3.8, 4) is 11.4 Å². The van der Waals surface area contributed by atoms with Gasteiger partial charge in [0.25, 0.3) is 11.8 Å². The molecule has 7 rings (SSSR count). The molecule has 15 nitrogen and oxygen atoms in total. The Balaban J connectivity index is 0.000000199. The molecule has 19 heteroatoms. The average molecular weight is 879 g/mol. The van der Waals surface area contributed by atoms with Gasteiger partial charge in [0.2, 0.25) is 11.6 Å². The van der Waals surface area contributed by atoms with Gasteiger partial charge in [0, 0.05) is 45.4 Å². The van der Waals surface area contributed by atoms with Gasteiger partial charge in [-0.1, -0.05) is 70.7 Å². The van der Waals surface area contributed by atoms with E-state index in [1.807, 2.05) is 19.0 Å². The minimum Gasteiger partial charge on any atom is -0.379 e. The molecule has 59 heavy (non-hydrogen) atoms. The zero-order valence-corrected chi connectivity index (χ0v) is 34.6. The lowest BCUT2D eigenvalue weighted by Crippen LogP contribution is -2.36. The molecule has 0 saturated carbocycles. The van der Waals surface area contributed by atoms with E-state index in [1.165, 1.54) is 15.4 Å². The van der Waals surface area contributed by atoms with Crippen LogP contribution in [0.1, 0.15) is 64.7 Å². The van der Waals surface area contributed by atoms with Gasteiger partial charge in [-0.15, -0.1) is 10.2 Å². The Morgan fingerprint density at radius 3 is 1.53 bits per heavy atom. The lowest BCUT2D eigenvalue weighted by atomic mass is 10.0. The number of benzene rings is 4. The van der Waals surface area contributed by atoms with Gasteiger partial charge < -0.3 is 21.1 Å². The fourth-order valence-corrected chi connectivity index (χ4v) is 6.85. The molecule has 0 unspecified atom stereocenters. The Morgan fingerprint density at radius 1 is 0.644 bits per heavy atom. The summed E-state index contributed by atoms with van der Waals surface area (Å²) in [5.41, 5.74) is 12.8. The number of carbonyl (C=O) groups is 4. The maximum Gasteiger partial charge on any atom is 0.288 e. The van der Waals surface area contributed by atoms with Crippen molar-refractivity contribution in [2.45, 2.75) is 13.1 Å². The second-order valence-electron chi connectivity index (χ2n) is 13.3. The van der Waals surface area contributed by atoms with E-state index in [1.54, 1.807) is 78.9 Å². The highest BCUT2D eigenvalue weighted by Gasteiger charge is 2.25. The zero-order valence-electron chi connectivity index (χ0n) is 31.6. The number of nitrogens with zero attached hydrogens (tertiary/aromatic N) is 8. The van der Waals surface area contributed by atoms with Crippen LogP contribution in [0.5, 0.6) is 0 Å². The molecule has 6 aromatic rings. The van der Waals surface area contributed by atoms with Gasteiger partial charge in [0.1, 0.15) is 11.6 Å². The van der Waals surface area contributed by atoms with Gasteiger partial charge >= 0.3 is 0 Å². The summed E-state index contributed by atoms with van der Waals surface area (Å²) in [7, 11) is 3.70. The molecule has 1 saturated heterocycles. The van der Waals surface area contributed by atoms with Crippen molar-refractivity contribution in [2.24, 2.45) is 11.5 Å². The molecule has 2 aromatic heterocycles. The number of ether oxygens (including phenoxy) is 1. The van der Waals surface area contributed by atoms with Gasteiger partial charge in [-0.2, -0.15) is 0 Å². The van der Waals surface area contributed by atoms with Crippen LogP contribution in [0.25, 0.3) is 11.4 Å². The lowest BCUT2D eigenvalue weighted by molar-refractivity contribution is 0.0327. The second-order valence-corrected chi connectivity index (χ2v) is 15.0. The molecule has 4 aromatic carbocycles. The summed E-state index contributed by atoms with van der Waals surface area (Å²) in [6, 6.07) is 23.1. The predicted octanol–water partition coefficient (Wildman–Crippen LogP) is 5.70. The van der Waals surface area contributed by atoms with Crippen LogP contribution in [0.4, 0.5) is 0 Å². The molecule has 0 spiro atoms. The minimum absolute atomic E-state index is 0.130. The van der Waals surface area contributed by atoms with Crippen LogP contribution < -0.4 is 11.5 Å². The summed E-state index contributed by atoms with van der Waals surface area (Å²) in [5.74, 6) is -1.49. The van der Waals surface area contributed by atoms with Gasteiger partial charge in [0.05, 0.1) is 47.7 Å². The molecule has 1 aliphatic heterocycles. The second kappa shape index (κ2) is 19.0. The fourth-order valence-electron chi connectivity index (χ4n) is 6.06. The first-order chi connectivity index (χ1) is 28.2. The first-order valence-electron chi connectivity index (χ1n) is 17.9. The number of hydrogen-bond acceptors (Lipinski definition) is 11. The van der Waals surface area contributed by atoms with Crippen molar-refractivity contribution < 1.29 is 23.9 Å². The molecule has 3 heterocycles. The third-order valence-corrected chi connectivity index (χ3v) is 9.94. The Morgan fingerprint density at radius 2 is 1.08 bits per heavy atom. The number of rotatable bonds is 12. The molecule has 1 aliphatic rings. The SMILES string of the molecule is CN(C)Cc1nc(C(N)=O)nn1-c1ccc(Cl)cc1C(=O)c1ccccc1Cl.NC(=O)c1nc(CN2CCOCC2)n(-c2ccc(Cl)cc2C(=O)c2ccccc2Cl)n1. The van der Waals surface area contributed by atoms with Crippen molar-refractivity contribution in [2.75, 3.05) is 40.4 Å². The summed E-state index contributed by atoms with van der Waals surface area (Å²) in [5, 5.41) is 9.88. The van der Waals surface area contributed by atoms with Crippen molar-refractivity contribution in [3.63, 3.8) is 0 Å². The summed E-state index contributed by atoms with van der Waals surface area (Å²) < 4.78 is 8.29. The summed E-state index contributed by atoms with van der Waals surface area (Å²) in [6.07, 6.45) is 0. The van der Waals surface area contributed by atoms with Crippen molar-refractivity contribution in [3.05, 3.63) is 151 Å². The number of primary amides is 2. The zero-order chi connectivity index (χ0) is 42.4. The number of nitrogens with two attached hydrogens (primary N) is 2. The molecule has 1 fully saturated rings. The number of ketones is 2. The number of aromatic nitrogens is 6. The number of hydrogen-bond donors (Lipinski definition) is 2. The monoisotopic (exact) mass is 876 g/mol. The Hall–Kier alpha value is -5.52. The normalized spacial score (nSPS) is 12.9. The summed E-state index contributed by atoms with van der Waals surface area (Å²) in [6.45, 7) is 3.42. The molecular weight excluding hydrogens is 842 g/mol. The van der Waals surface area contributed by atoms with Crippen molar-refractivity contribution >= 4 is 69.8 Å². The van der Waals surface area contributed by atoms with Gasteiger partial charge in [-0.05, 0) is 74.8 Å². The molecule has 2 amide bonds. The topological polar surface area (TPSA) is 197 Å². The van der Waals surface area contributed by atoms with Crippen LogP contribution >= 0.6 is 46.4 Å². The third kappa shape index (κ3) is 10.2. The van der Waals surface area contributed by atoms with Crippen LogP contribution in [-0.4, -0.2) is 103 Å². The first-order valence-corrected chi connectivity index (χ1v) is 19.4. The third-order valence-electron chi connectivity index (χ3n) is 8.82. The minimum atomic E-state index is -0.758. The fraction of sp³-hybridized carbons (Fsp3) is 0.200. The summed E-state index contributed by atoms with van der Waals surface area (Å²) >= 11 is 24.8. The highest BCUT2D eigenvalue weighted by Crippen LogP contribution is 2.28. The first kappa shape index (κ1) is 43.1. The summed E-state index contributed by atoms with van der Waals surface area (Å²) in [4.78, 5) is 62.4. The van der Waals surface area contributed by atoms with Crippen LogP contribution in [-0.2, 0) is 17.8 Å². The molecule has 0 radical (unpaired) electrons. The number of carbonyl (C=O) groups excluding carboxylic acids is 4. The quantitative estimate of drug-likeness (QED) is 0.143. The number of morpholine rings is 1. The van der Waals surface area contributed by atoms with Crippen LogP contribution in [0, 0.1) is 0 Å². The van der Waals surface area contributed by atoms with E-state index < -0.39 is 11.8 Å². The Kier molecular flexibility index (Phi) is 13.9. The van der Waals surface area contributed by atoms with Crippen LogP contribution in [0.3, 0.4) is 0 Å². The number of amides is 2. The van der Waals surface area contributed by atoms with Crippen molar-refractivity contribution in [1.82, 2.24) is 39.3 Å². The highest BCUT2D eigenvalue weighted by atomic mass is 35.5. The molecular formula is C40H36Cl4N10O5. The van der Waals surface area contributed by atoms with Crippen LogP contribution in [0.2, 0.25) is 20.1 Å². The van der Waals surface area contributed by atoms with E-state index in [0.717, 1.165) is 0 Å². The Bertz CT molecular complexity index is 2550. The smallest absolute Gasteiger partial charge is 0.288 e. The predicted molar refractivity (Wildman–Crippen MR) is 223 cm³/mol. The molecule has 0 bridgehead atoms. The maximum atomic E-state index is 13.3. The molecule has 0 aliphatic carbocycles. The maximum absolute atomic E-state index is 13.3. The lowest BCUT2D eigenvalue weighted by Gasteiger charge is -2.26. The van der Waals surface area contributed by atoms with E-state index in [0.29, 0.717) is 93.6 Å². The Labute approximate surface area is 358 Å². The van der Waals surface area contributed by atoms with Gasteiger partial charge in [-0.25, -0.2) is 19.3 Å². The van der Waals surface area contributed by atoms with E-state index in [9.17, 15) is 19.2 Å². The molecule has 0 atom stereocenters. The average Bonchev–Trinajstić information content (AvgIpc) is 3.83. The van der Waals surface area contributed by atoms with Crippen LogP contribution in [0.15, 0.2) is 84.9 Å². The van der Waals surface area contributed by atoms with Crippen molar-refractivity contribution in [1.29, 1.82) is 0 Å². The van der Waals surface area contributed by atoms with E-state index in [-0.39, 0.29) is 34.3 Å². The van der Waals surface area contributed by atoms with E-state index >= 15 is 0 Å². The molecule has 4 N–H and O–H groups in total. The molecule has 304 valence electrons. The van der Waals surface area contributed by atoms with E-state index in [2.05, 4.69) is 25.1 Å². The van der Waals surface area contributed by atoms with Gasteiger partial charge in [-0.3, -0.25) is 24.1 Å². The van der Waals surface area contributed by atoms with Gasteiger partial charge in [0.15, 0.2) is 11.6 Å². The largest absolute Gasteiger partial charge is 0.379 e. The number of halogens is 4. The standard InChI is InChI=1S/C21H19Cl2N5O3.C19H17Cl2N5O2/c22-13-5-6-17(15(11-13)19(29)14-3-1-2-4-16(14)23)28-18(25-21(26-28)20(24)30)12-27-7-9-31-10-8-27;1-25(2)10-16-23-19(18(22)28)24-26(16)15-8-7-11(20)9-13(15)17(27)12-5-3-4-6-14(12)21/h1-6,11H,7-10,12H2,(H2,24,30);3-9H,10H2,1-2H3,(H2,22,28). The van der Waals surface area contributed by atoms with E-state index in [4.69, 9.17) is 62.6 Å².